The van der Waals surface area contributed by atoms with Crippen molar-refractivity contribution in [1.29, 1.82) is 0 Å². The standard InChI is InChI=1S/C14H14ClNO/c15-11-4-5-12-10(8-16-13(12)7-11)6-9-2-1-3-14(9)17/h4-5,7-9,16H,1-3,6H2. The molecule has 0 aliphatic heterocycles. The molecule has 1 aliphatic carbocycles. The summed E-state index contributed by atoms with van der Waals surface area (Å²) in [5, 5.41) is 1.93. The SMILES string of the molecule is O=C1CCCC1Cc1c[nH]c2cc(Cl)ccc12. The van der Waals surface area contributed by atoms with Gasteiger partial charge < -0.3 is 4.98 Å². The zero-order chi connectivity index (χ0) is 11.8. The molecule has 3 rings (SSSR count). The third-order valence-electron chi connectivity index (χ3n) is 3.63. The van der Waals surface area contributed by atoms with Crippen LogP contribution in [0.5, 0.6) is 0 Å². The first-order valence-electron chi connectivity index (χ1n) is 6.02. The molecule has 1 fully saturated rings. The van der Waals surface area contributed by atoms with E-state index in [2.05, 4.69) is 4.98 Å². The molecular formula is C14H14ClNO. The van der Waals surface area contributed by atoms with Crippen LogP contribution in [0.3, 0.4) is 0 Å². The fourth-order valence-corrected chi connectivity index (χ4v) is 2.87. The number of Topliss-reactive ketones (excluding diaryl/α,β-unsaturated/α-hetero) is 1. The van der Waals surface area contributed by atoms with Gasteiger partial charge in [-0.25, -0.2) is 0 Å². The van der Waals surface area contributed by atoms with Crippen LogP contribution in [0.1, 0.15) is 24.8 Å². The summed E-state index contributed by atoms with van der Waals surface area (Å²) in [4.78, 5) is 14.9. The van der Waals surface area contributed by atoms with Crippen molar-refractivity contribution >= 4 is 28.3 Å². The van der Waals surface area contributed by atoms with E-state index in [-0.39, 0.29) is 5.92 Å². The number of hydrogen-bond donors (Lipinski definition) is 1. The molecule has 1 heterocycles. The van der Waals surface area contributed by atoms with E-state index in [4.69, 9.17) is 11.6 Å². The van der Waals surface area contributed by atoms with Crippen molar-refractivity contribution < 1.29 is 4.79 Å². The first-order chi connectivity index (χ1) is 8.24. The lowest BCUT2D eigenvalue weighted by Gasteiger charge is -2.06. The Labute approximate surface area is 105 Å². The van der Waals surface area contributed by atoms with Crippen LogP contribution in [-0.4, -0.2) is 10.8 Å². The molecule has 1 saturated carbocycles. The van der Waals surface area contributed by atoms with Crippen molar-refractivity contribution in [2.75, 3.05) is 0 Å². The van der Waals surface area contributed by atoms with Gasteiger partial charge in [-0.1, -0.05) is 17.7 Å². The summed E-state index contributed by atoms with van der Waals surface area (Å²) in [6, 6.07) is 5.86. The molecule has 0 radical (unpaired) electrons. The summed E-state index contributed by atoms with van der Waals surface area (Å²) in [6.45, 7) is 0. The van der Waals surface area contributed by atoms with Gasteiger partial charge in [0, 0.05) is 34.5 Å². The minimum Gasteiger partial charge on any atom is -0.361 e. The molecule has 17 heavy (non-hydrogen) atoms. The zero-order valence-corrected chi connectivity index (χ0v) is 10.3. The van der Waals surface area contributed by atoms with Crippen LogP contribution in [-0.2, 0) is 11.2 Å². The highest BCUT2D eigenvalue weighted by Crippen LogP contribution is 2.29. The minimum absolute atomic E-state index is 0.227. The van der Waals surface area contributed by atoms with Crippen LogP contribution in [0.4, 0.5) is 0 Å². The van der Waals surface area contributed by atoms with E-state index in [0.29, 0.717) is 5.78 Å². The first-order valence-corrected chi connectivity index (χ1v) is 6.40. The second-order valence-corrected chi connectivity index (χ2v) is 5.20. The lowest BCUT2D eigenvalue weighted by molar-refractivity contribution is -0.120. The predicted octanol–water partition coefficient (Wildman–Crippen LogP) is 3.73. The van der Waals surface area contributed by atoms with Crippen molar-refractivity contribution in [3.05, 3.63) is 35.0 Å². The topological polar surface area (TPSA) is 32.9 Å². The van der Waals surface area contributed by atoms with E-state index in [0.717, 1.165) is 36.2 Å². The molecule has 1 unspecified atom stereocenters. The third kappa shape index (κ3) is 1.98. The molecular weight excluding hydrogens is 234 g/mol. The summed E-state index contributed by atoms with van der Waals surface area (Å²) in [5.74, 6) is 0.651. The highest BCUT2D eigenvalue weighted by molar-refractivity contribution is 6.31. The number of nitrogens with one attached hydrogen (secondary N) is 1. The van der Waals surface area contributed by atoms with Crippen molar-refractivity contribution in [3.8, 4) is 0 Å². The van der Waals surface area contributed by atoms with Crippen molar-refractivity contribution in [2.24, 2.45) is 5.92 Å². The zero-order valence-electron chi connectivity index (χ0n) is 9.50. The van der Waals surface area contributed by atoms with E-state index in [1.807, 2.05) is 24.4 Å². The number of carbonyl (C=O) groups is 1. The molecule has 0 amide bonds. The van der Waals surface area contributed by atoms with Gasteiger partial charge in [0.25, 0.3) is 0 Å². The van der Waals surface area contributed by atoms with Gasteiger partial charge in [0.15, 0.2) is 0 Å². The van der Waals surface area contributed by atoms with Crippen molar-refractivity contribution in [2.45, 2.75) is 25.7 Å². The van der Waals surface area contributed by atoms with E-state index in [1.165, 1.54) is 10.9 Å². The van der Waals surface area contributed by atoms with Crippen LogP contribution >= 0.6 is 11.6 Å². The predicted molar refractivity (Wildman–Crippen MR) is 69.4 cm³/mol. The Morgan fingerprint density at radius 1 is 1.41 bits per heavy atom. The van der Waals surface area contributed by atoms with Crippen LogP contribution in [0.15, 0.2) is 24.4 Å². The van der Waals surface area contributed by atoms with Crippen LogP contribution in [0.2, 0.25) is 5.02 Å². The summed E-state index contributed by atoms with van der Waals surface area (Å²) < 4.78 is 0. The molecule has 1 N–H and O–H groups in total. The number of carbonyl (C=O) groups excluding carboxylic acids is 1. The van der Waals surface area contributed by atoms with Crippen LogP contribution in [0.25, 0.3) is 10.9 Å². The molecule has 88 valence electrons. The average Bonchev–Trinajstić information content (AvgIpc) is 2.87. The number of hydrogen-bond acceptors (Lipinski definition) is 1. The second kappa shape index (κ2) is 4.19. The fourth-order valence-electron chi connectivity index (χ4n) is 2.70. The Hall–Kier alpha value is -1.28. The monoisotopic (exact) mass is 247 g/mol. The Morgan fingerprint density at radius 2 is 2.29 bits per heavy atom. The van der Waals surface area contributed by atoms with Gasteiger partial charge in [-0.05, 0) is 37.0 Å². The Morgan fingerprint density at radius 3 is 3.06 bits per heavy atom. The van der Waals surface area contributed by atoms with Gasteiger partial charge in [-0.3, -0.25) is 4.79 Å². The molecule has 1 atom stereocenters. The number of aromatic amines is 1. The van der Waals surface area contributed by atoms with Crippen molar-refractivity contribution in [1.82, 2.24) is 4.98 Å². The fraction of sp³-hybridized carbons (Fsp3) is 0.357. The molecule has 2 nitrogen and oxygen atoms in total. The highest BCUT2D eigenvalue weighted by atomic mass is 35.5. The average molecular weight is 248 g/mol. The number of rotatable bonds is 2. The third-order valence-corrected chi connectivity index (χ3v) is 3.86. The lowest BCUT2D eigenvalue weighted by atomic mass is 9.97. The number of halogens is 1. The maximum absolute atomic E-state index is 11.7. The second-order valence-electron chi connectivity index (χ2n) is 4.76. The number of H-pyrrole nitrogens is 1. The first kappa shape index (κ1) is 10.8. The van der Waals surface area contributed by atoms with E-state index in [9.17, 15) is 4.79 Å². The quantitative estimate of drug-likeness (QED) is 0.862. The molecule has 1 aromatic carbocycles. The Balaban J connectivity index is 1.93. The number of ketones is 1. The van der Waals surface area contributed by atoms with Gasteiger partial charge in [0.2, 0.25) is 0 Å². The smallest absolute Gasteiger partial charge is 0.136 e. The van der Waals surface area contributed by atoms with Crippen LogP contribution < -0.4 is 0 Å². The summed E-state index contributed by atoms with van der Waals surface area (Å²) in [5.41, 5.74) is 2.29. The lowest BCUT2D eigenvalue weighted by Crippen LogP contribution is -2.09. The molecule has 2 aromatic rings. The van der Waals surface area contributed by atoms with E-state index >= 15 is 0 Å². The number of benzene rings is 1. The maximum atomic E-state index is 11.7. The molecule has 0 saturated heterocycles. The van der Waals surface area contributed by atoms with E-state index < -0.39 is 0 Å². The van der Waals surface area contributed by atoms with Crippen LogP contribution in [0, 0.1) is 5.92 Å². The molecule has 1 aromatic heterocycles. The molecule has 1 aliphatic rings. The number of aromatic nitrogens is 1. The van der Waals surface area contributed by atoms with Gasteiger partial charge in [-0.15, -0.1) is 0 Å². The summed E-state index contributed by atoms with van der Waals surface area (Å²) in [6.07, 6.45) is 5.72. The molecule has 0 spiro atoms. The van der Waals surface area contributed by atoms with Crippen molar-refractivity contribution in [3.63, 3.8) is 0 Å². The largest absolute Gasteiger partial charge is 0.361 e. The molecule has 3 heteroatoms. The Kier molecular flexibility index (Phi) is 2.67. The molecule has 0 bridgehead atoms. The summed E-state index contributed by atoms with van der Waals surface area (Å²) in [7, 11) is 0. The maximum Gasteiger partial charge on any atom is 0.136 e. The summed E-state index contributed by atoms with van der Waals surface area (Å²) >= 11 is 5.95. The van der Waals surface area contributed by atoms with Gasteiger partial charge in [-0.2, -0.15) is 0 Å². The highest BCUT2D eigenvalue weighted by Gasteiger charge is 2.25. The normalized spacial score (nSPS) is 20.3. The van der Waals surface area contributed by atoms with Gasteiger partial charge >= 0.3 is 0 Å². The van der Waals surface area contributed by atoms with Gasteiger partial charge in [0.1, 0.15) is 5.78 Å². The minimum atomic E-state index is 0.227. The van der Waals surface area contributed by atoms with Gasteiger partial charge in [0.05, 0.1) is 0 Å². The number of fused-ring (bicyclic) bond motifs is 1. The van der Waals surface area contributed by atoms with E-state index in [1.54, 1.807) is 0 Å². The Bertz CT molecular complexity index is 573.